The predicted octanol–water partition coefficient (Wildman–Crippen LogP) is 2.23. The van der Waals surface area contributed by atoms with E-state index < -0.39 is 16.0 Å². The predicted molar refractivity (Wildman–Crippen MR) is 77.4 cm³/mol. The van der Waals surface area contributed by atoms with Crippen molar-refractivity contribution in [1.82, 2.24) is 4.72 Å². The van der Waals surface area contributed by atoms with E-state index in [-0.39, 0.29) is 10.6 Å². The van der Waals surface area contributed by atoms with Crippen LogP contribution in [0.4, 0.5) is 0 Å². The molecule has 0 atom stereocenters. The van der Waals surface area contributed by atoms with Gasteiger partial charge in [-0.3, -0.25) is 4.79 Å². The van der Waals surface area contributed by atoms with Crippen LogP contribution >= 0.6 is 11.3 Å². The zero-order valence-electron chi connectivity index (χ0n) is 11.2. The zero-order chi connectivity index (χ0) is 14.6. The van der Waals surface area contributed by atoms with Gasteiger partial charge in [0.1, 0.15) is 4.21 Å². The number of aliphatic carboxylic acids is 1. The van der Waals surface area contributed by atoms with Gasteiger partial charge in [0.25, 0.3) is 0 Å². The Bertz CT molecular complexity index is 559. The molecule has 0 radical (unpaired) electrons. The SMILES string of the molecule is O=C(O)Cc1ccc(S(=O)(=O)NCCC2CCCC2)s1. The number of hydrogen-bond acceptors (Lipinski definition) is 4. The van der Waals surface area contributed by atoms with Crippen molar-refractivity contribution in [3.05, 3.63) is 17.0 Å². The first kappa shape index (κ1) is 15.5. The van der Waals surface area contributed by atoms with Gasteiger partial charge in [-0.15, -0.1) is 11.3 Å². The lowest BCUT2D eigenvalue weighted by atomic mass is 10.1. The maximum absolute atomic E-state index is 12.1. The molecule has 20 heavy (non-hydrogen) atoms. The zero-order valence-corrected chi connectivity index (χ0v) is 12.8. The minimum absolute atomic E-state index is 0.137. The standard InChI is InChI=1S/C13H19NO4S2/c15-12(16)9-11-5-6-13(19-11)20(17,18)14-8-7-10-3-1-2-4-10/h5-6,10,14H,1-4,7-9H2,(H,15,16). The van der Waals surface area contributed by atoms with Crippen LogP contribution in [0.3, 0.4) is 0 Å². The van der Waals surface area contributed by atoms with Crippen molar-refractivity contribution >= 4 is 27.3 Å². The Balaban J connectivity index is 1.88. The Morgan fingerprint density at radius 3 is 2.70 bits per heavy atom. The highest BCUT2D eigenvalue weighted by atomic mass is 32.2. The Kier molecular flexibility index (Phi) is 5.17. The van der Waals surface area contributed by atoms with E-state index in [2.05, 4.69) is 4.72 Å². The van der Waals surface area contributed by atoms with Crippen LogP contribution in [0.5, 0.6) is 0 Å². The molecule has 2 N–H and O–H groups in total. The van der Waals surface area contributed by atoms with E-state index in [0.29, 0.717) is 17.3 Å². The lowest BCUT2D eigenvalue weighted by molar-refractivity contribution is -0.136. The summed E-state index contributed by atoms with van der Waals surface area (Å²) in [5, 5.41) is 8.68. The summed E-state index contributed by atoms with van der Waals surface area (Å²) in [6.45, 7) is 0.458. The van der Waals surface area contributed by atoms with Crippen LogP contribution in [-0.2, 0) is 21.2 Å². The molecule has 0 amide bonds. The summed E-state index contributed by atoms with van der Waals surface area (Å²) < 4.78 is 26.9. The van der Waals surface area contributed by atoms with Crippen molar-refractivity contribution < 1.29 is 18.3 Å². The van der Waals surface area contributed by atoms with Gasteiger partial charge in [-0.1, -0.05) is 25.7 Å². The number of rotatable bonds is 7. The van der Waals surface area contributed by atoms with Crippen molar-refractivity contribution in [2.45, 2.75) is 42.7 Å². The van der Waals surface area contributed by atoms with Gasteiger partial charge < -0.3 is 5.11 Å². The molecule has 0 bridgehead atoms. The number of hydrogen-bond donors (Lipinski definition) is 2. The van der Waals surface area contributed by atoms with Crippen molar-refractivity contribution in [3.8, 4) is 0 Å². The molecule has 1 aromatic rings. The van der Waals surface area contributed by atoms with Crippen LogP contribution in [-0.4, -0.2) is 26.0 Å². The van der Waals surface area contributed by atoms with Gasteiger partial charge >= 0.3 is 5.97 Å². The van der Waals surface area contributed by atoms with Gasteiger partial charge in [0.15, 0.2) is 0 Å². The molecule has 0 saturated heterocycles. The van der Waals surface area contributed by atoms with Gasteiger partial charge in [0, 0.05) is 11.4 Å². The lowest BCUT2D eigenvalue weighted by Crippen LogP contribution is -2.25. The number of sulfonamides is 1. The van der Waals surface area contributed by atoms with E-state index in [1.807, 2.05) is 0 Å². The Labute approximate surface area is 123 Å². The third kappa shape index (κ3) is 4.29. The highest BCUT2D eigenvalue weighted by Gasteiger charge is 2.19. The molecular weight excluding hydrogens is 298 g/mol. The van der Waals surface area contributed by atoms with E-state index in [1.165, 1.54) is 31.7 Å². The number of carboxylic acids is 1. The molecule has 0 unspecified atom stereocenters. The summed E-state index contributed by atoms with van der Waals surface area (Å²) in [4.78, 5) is 11.1. The maximum atomic E-state index is 12.1. The monoisotopic (exact) mass is 317 g/mol. The quantitative estimate of drug-likeness (QED) is 0.808. The normalized spacial score (nSPS) is 16.6. The first-order chi connectivity index (χ1) is 9.47. The maximum Gasteiger partial charge on any atom is 0.308 e. The Hall–Kier alpha value is -0.920. The molecule has 0 aromatic carbocycles. The van der Waals surface area contributed by atoms with Crippen molar-refractivity contribution in [2.75, 3.05) is 6.54 Å². The molecule has 1 fully saturated rings. The van der Waals surface area contributed by atoms with Crippen LogP contribution in [0.15, 0.2) is 16.3 Å². The summed E-state index contributed by atoms with van der Waals surface area (Å²) in [6, 6.07) is 3.03. The van der Waals surface area contributed by atoms with Gasteiger partial charge in [0.05, 0.1) is 6.42 Å². The lowest BCUT2D eigenvalue weighted by Gasteiger charge is -2.09. The molecule has 1 aromatic heterocycles. The third-order valence-electron chi connectivity index (χ3n) is 3.55. The molecule has 0 spiro atoms. The van der Waals surface area contributed by atoms with Crippen molar-refractivity contribution in [3.63, 3.8) is 0 Å². The van der Waals surface area contributed by atoms with E-state index >= 15 is 0 Å². The summed E-state index contributed by atoms with van der Waals surface area (Å²) >= 11 is 1.02. The minimum Gasteiger partial charge on any atom is -0.481 e. The summed E-state index contributed by atoms with van der Waals surface area (Å²) in [7, 11) is -3.49. The van der Waals surface area contributed by atoms with Crippen molar-refractivity contribution in [1.29, 1.82) is 0 Å². The molecular formula is C13H19NO4S2. The minimum atomic E-state index is -3.49. The fourth-order valence-electron chi connectivity index (χ4n) is 2.51. The average molecular weight is 317 g/mol. The smallest absolute Gasteiger partial charge is 0.308 e. The molecule has 0 aliphatic heterocycles. The van der Waals surface area contributed by atoms with Gasteiger partial charge in [0.2, 0.25) is 10.0 Å². The van der Waals surface area contributed by atoms with Gasteiger partial charge in [-0.25, -0.2) is 13.1 Å². The fourth-order valence-corrected chi connectivity index (χ4v) is 4.95. The average Bonchev–Trinajstić information content (AvgIpc) is 2.99. The summed E-state index contributed by atoms with van der Waals surface area (Å²) in [5.41, 5.74) is 0. The second kappa shape index (κ2) is 6.69. The van der Waals surface area contributed by atoms with Crippen LogP contribution in [0.1, 0.15) is 37.0 Å². The van der Waals surface area contributed by atoms with Crippen LogP contribution < -0.4 is 4.72 Å². The fraction of sp³-hybridized carbons (Fsp3) is 0.615. The highest BCUT2D eigenvalue weighted by molar-refractivity contribution is 7.91. The Morgan fingerprint density at radius 2 is 2.05 bits per heavy atom. The number of nitrogens with one attached hydrogen (secondary N) is 1. The van der Waals surface area contributed by atoms with Gasteiger partial charge in [-0.05, 0) is 24.5 Å². The van der Waals surface area contributed by atoms with Crippen LogP contribution in [0.2, 0.25) is 0 Å². The van der Waals surface area contributed by atoms with Crippen LogP contribution in [0, 0.1) is 5.92 Å². The molecule has 5 nitrogen and oxygen atoms in total. The second-order valence-electron chi connectivity index (χ2n) is 5.13. The summed E-state index contributed by atoms with van der Waals surface area (Å²) in [5.74, 6) is -0.311. The third-order valence-corrected chi connectivity index (χ3v) is 6.58. The largest absolute Gasteiger partial charge is 0.481 e. The van der Waals surface area contributed by atoms with E-state index in [9.17, 15) is 13.2 Å². The van der Waals surface area contributed by atoms with Crippen molar-refractivity contribution in [2.24, 2.45) is 5.92 Å². The molecule has 1 aliphatic carbocycles. The molecule has 1 saturated carbocycles. The first-order valence-corrected chi connectivity index (χ1v) is 9.07. The topological polar surface area (TPSA) is 83.5 Å². The second-order valence-corrected chi connectivity index (χ2v) is 8.29. The van der Waals surface area contributed by atoms with Gasteiger partial charge in [-0.2, -0.15) is 0 Å². The highest BCUT2D eigenvalue weighted by Crippen LogP contribution is 2.27. The van der Waals surface area contributed by atoms with E-state index in [4.69, 9.17) is 5.11 Å². The number of carbonyl (C=O) groups is 1. The molecule has 7 heteroatoms. The molecule has 112 valence electrons. The number of thiophene rings is 1. The van der Waals surface area contributed by atoms with E-state index in [1.54, 1.807) is 6.07 Å². The molecule has 1 heterocycles. The summed E-state index contributed by atoms with van der Waals surface area (Å²) in [6.07, 6.45) is 5.64. The molecule has 1 aliphatic rings. The van der Waals surface area contributed by atoms with E-state index in [0.717, 1.165) is 17.8 Å². The Morgan fingerprint density at radius 1 is 1.35 bits per heavy atom. The van der Waals surface area contributed by atoms with Crippen LogP contribution in [0.25, 0.3) is 0 Å². The number of carboxylic acid groups (broad SMARTS) is 1. The first-order valence-electron chi connectivity index (χ1n) is 6.77. The molecule has 2 rings (SSSR count).